The van der Waals surface area contributed by atoms with Crippen molar-refractivity contribution in [1.29, 1.82) is 0 Å². The quantitative estimate of drug-likeness (QED) is 0.897. The molecule has 1 aromatic heterocycles. The van der Waals surface area contributed by atoms with Crippen LogP contribution in [-0.2, 0) is 4.79 Å². The number of anilines is 3. The van der Waals surface area contributed by atoms with Crippen molar-refractivity contribution in [3.63, 3.8) is 0 Å². The fraction of sp³-hybridized carbons (Fsp3) is 0.0769. The molecule has 2 N–H and O–H groups in total. The molecule has 0 spiro atoms. The van der Waals surface area contributed by atoms with Crippen LogP contribution in [0.3, 0.4) is 0 Å². The summed E-state index contributed by atoms with van der Waals surface area (Å²) in [5.74, 6) is 0.497. The van der Waals surface area contributed by atoms with E-state index >= 15 is 0 Å². The smallest absolute Gasteiger partial charge is 0.221 e. The SMILES string of the molecule is CC(=O)Nc1ccc(Nc2cc(Cl)cc(Cl)c2)nc1. The number of aromatic nitrogens is 1. The van der Waals surface area contributed by atoms with E-state index in [0.29, 0.717) is 21.6 Å². The van der Waals surface area contributed by atoms with E-state index in [1.807, 2.05) is 0 Å². The van der Waals surface area contributed by atoms with E-state index < -0.39 is 0 Å². The van der Waals surface area contributed by atoms with Crippen molar-refractivity contribution < 1.29 is 4.79 Å². The van der Waals surface area contributed by atoms with Crippen LogP contribution in [0.4, 0.5) is 17.2 Å². The molecule has 0 unspecified atom stereocenters. The molecule has 1 amide bonds. The number of benzene rings is 1. The van der Waals surface area contributed by atoms with E-state index in [1.54, 1.807) is 36.5 Å². The Hall–Kier alpha value is -1.78. The van der Waals surface area contributed by atoms with E-state index in [0.717, 1.165) is 5.69 Å². The van der Waals surface area contributed by atoms with Crippen molar-refractivity contribution >= 4 is 46.3 Å². The Labute approximate surface area is 120 Å². The Balaban J connectivity index is 2.12. The first kappa shape index (κ1) is 13.6. The van der Waals surface area contributed by atoms with Crippen LogP contribution in [0, 0.1) is 0 Å². The minimum atomic E-state index is -0.135. The van der Waals surface area contributed by atoms with Gasteiger partial charge in [0.25, 0.3) is 0 Å². The largest absolute Gasteiger partial charge is 0.340 e. The highest BCUT2D eigenvalue weighted by atomic mass is 35.5. The number of hydrogen-bond acceptors (Lipinski definition) is 3. The van der Waals surface area contributed by atoms with Crippen LogP contribution >= 0.6 is 23.2 Å². The van der Waals surface area contributed by atoms with Crippen molar-refractivity contribution in [3.05, 3.63) is 46.6 Å². The van der Waals surface area contributed by atoms with E-state index in [1.165, 1.54) is 6.92 Å². The van der Waals surface area contributed by atoms with Crippen LogP contribution in [0.2, 0.25) is 10.0 Å². The van der Waals surface area contributed by atoms with Crippen LogP contribution < -0.4 is 10.6 Å². The van der Waals surface area contributed by atoms with Crippen molar-refractivity contribution in [2.45, 2.75) is 6.92 Å². The lowest BCUT2D eigenvalue weighted by Crippen LogP contribution is -2.06. The lowest BCUT2D eigenvalue weighted by atomic mass is 10.3. The zero-order chi connectivity index (χ0) is 13.8. The molecule has 0 saturated heterocycles. The van der Waals surface area contributed by atoms with Crippen LogP contribution in [0.15, 0.2) is 36.5 Å². The van der Waals surface area contributed by atoms with Gasteiger partial charge in [-0.1, -0.05) is 23.2 Å². The Morgan fingerprint density at radius 1 is 1.11 bits per heavy atom. The Morgan fingerprint density at radius 3 is 2.32 bits per heavy atom. The molecular formula is C13H11Cl2N3O. The number of pyridine rings is 1. The molecule has 6 heteroatoms. The fourth-order valence-electron chi connectivity index (χ4n) is 1.52. The van der Waals surface area contributed by atoms with Gasteiger partial charge in [0.15, 0.2) is 0 Å². The van der Waals surface area contributed by atoms with Gasteiger partial charge in [-0.2, -0.15) is 0 Å². The maximum Gasteiger partial charge on any atom is 0.221 e. The summed E-state index contributed by atoms with van der Waals surface area (Å²) in [7, 11) is 0. The van der Waals surface area contributed by atoms with Gasteiger partial charge in [-0.05, 0) is 30.3 Å². The minimum Gasteiger partial charge on any atom is -0.340 e. The molecule has 0 fully saturated rings. The van der Waals surface area contributed by atoms with Crippen LogP contribution in [0.5, 0.6) is 0 Å². The molecule has 0 bridgehead atoms. The minimum absolute atomic E-state index is 0.135. The molecule has 1 heterocycles. The lowest BCUT2D eigenvalue weighted by Gasteiger charge is -2.07. The number of carbonyl (C=O) groups excluding carboxylic acids is 1. The van der Waals surface area contributed by atoms with Crippen molar-refractivity contribution in [1.82, 2.24) is 4.98 Å². The van der Waals surface area contributed by atoms with Crippen LogP contribution in [0.25, 0.3) is 0 Å². The summed E-state index contributed by atoms with van der Waals surface area (Å²) in [6, 6.07) is 8.65. The Kier molecular flexibility index (Phi) is 4.24. The first-order valence-electron chi connectivity index (χ1n) is 5.50. The summed E-state index contributed by atoms with van der Waals surface area (Å²) < 4.78 is 0. The molecule has 0 atom stereocenters. The van der Waals surface area contributed by atoms with Gasteiger partial charge in [-0.3, -0.25) is 4.79 Å². The molecule has 19 heavy (non-hydrogen) atoms. The van der Waals surface area contributed by atoms with Gasteiger partial charge in [0, 0.05) is 22.7 Å². The molecule has 0 aliphatic heterocycles. The third kappa shape index (κ3) is 4.12. The molecule has 0 aliphatic carbocycles. The topological polar surface area (TPSA) is 54.0 Å². The van der Waals surface area contributed by atoms with Crippen LogP contribution in [-0.4, -0.2) is 10.9 Å². The fourth-order valence-corrected chi connectivity index (χ4v) is 2.04. The second kappa shape index (κ2) is 5.91. The molecule has 0 saturated carbocycles. The second-order valence-corrected chi connectivity index (χ2v) is 4.77. The zero-order valence-corrected chi connectivity index (χ0v) is 11.6. The van der Waals surface area contributed by atoms with Crippen molar-refractivity contribution in [2.24, 2.45) is 0 Å². The number of rotatable bonds is 3. The van der Waals surface area contributed by atoms with Gasteiger partial charge in [0.1, 0.15) is 5.82 Å². The van der Waals surface area contributed by atoms with Gasteiger partial charge < -0.3 is 10.6 Å². The Bertz CT molecular complexity index is 579. The summed E-state index contributed by atoms with van der Waals surface area (Å²) >= 11 is 11.8. The molecule has 4 nitrogen and oxygen atoms in total. The van der Waals surface area contributed by atoms with Gasteiger partial charge in [0.05, 0.1) is 11.9 Å². The van der Waals surface area contributed by atoms with Crippen LogP contribution in [0.1, 0.15) is 6.92 Å². The summed E-state index contributed by atoms with van der Waals surface area (Å²) in [5.41, 5.74) is 1.39. The first-order valence-corrected chi connectivity index (χ1v) is 6.25. The van der Waals surface area contributed by atoms with Gasteiger partial charge >= 0.3 is 0 Å². The van der Waals surface area contributed by atoms with Gasteiger partial charge in [0.2, 0.25) is 5.91 Å². The average Bonchev–Trinajstić information content (AvgIpc) is 2.29. The number of hydrogen-bond donors (Lipinski definition) is 2. The maximum atomic E-state index is 10.9. The lowest BCUT2D eigenvalue weighted by molar-refractivity contribution is -0.114. The normalized spacial score (nSPS) is 10.1. The molecule has 1 aromatic carbocycles. The summed E-state index contributed by atoms with van der Waals surface area (Å²) in [6.07, 6.45) is 1.57. The van der Waals surface area contributed by atoms with Gasteiger partial charge in [-0.15, -0.1) is 0 Å². The van der Waals surface area contributed by atoms with Crippen molar-refractivity contribution in [3.8, 4) is 0 Å². The summed E-state index contributed by atoms with van der Waals surface area (Å²) in [5, 5.41) is 6.81. The summed E-state index contributed by atoms with van der Waals surface area (Å²) in [4.78, 5) is 15.1. The molecule has 0 aliphatic rings. The predicted molar refractivity (Wildman–Crippen MR) is 78.3 cm³/mol. The van der Waals surface area contributed by atoms with E-state index in [-0.39, 0.29) is 5.91 Å². The monoisotopic (exact) mass is 295 g/mol. The predicted octanol–water partition coefficient (Wildman–Crippen LogP) is 4.09. The number of nitrogens with one attached hydrogen (secondary N) is 2. The maximum absolute atomic E-state index is 10.9. The highest BCUT2D eigenvalue weighted by molar-refractivity contribution is 6.35. The van der Waals surface area contributed by atoms with Gasteiger partial charge in [-0.25, -0.2) is 4.98 Å². The average molecular weight is 296 g/mol. The zero-order valence-electron chi connectivity index (χ0n) is 10.1. The molecular weight excluding hydrogens is 285 g/mol. The second-order valence-electron chi connectivity index (χ2n) is 3.90. The highest BCUT2D eigenvalue weighted by Gasteiger charge is 2.01. The first-order chi connectivity index (χ1) is 9.02. The number of nitrogens with zero attached hydrogens (tertiary/aromatic N) is 1. The molecule has 98 valence electrons. The third-order valence-corrected chi connectivity index (χ3v) is 2.66. The number of carbonyl (C=O) groups is 1. The summed E-state index contributed by atoms with van der Waals surface area (Å²) in [6.45, 7) is 1.44. The number of amides is 1. The molecule has 2 rings (SSSR count). The number of halogens is 2. The molecule has 2 aromatic rings. The Morgan fingerprint density at radius 2 is 1.79 bits per heavy atom. The third-order valence-electron chi connectivity index (χ3n) is 2.22. The standard InChI is InChI=1S/C13H11Cl2N3O/c1-8(19)17-11-2-3-13(16-7-11)18-12-5-9(14)4-10(15)6-12/h2-7H,1H3,(H,16,18)(H,17,19). The van der Waals surface area contributed by atoms with E-state index in [4.69, 9.17) is 23.2 Å². The van der Waals surface area contributed by atoms with Crippen molar-refractivity contribution in [2.75, 3.05) is 10.6 Å². The van der Waals surface area contributed by atoms with E-state index in [9.17, 15) is 4.79 Å². The highest BCUT2D eigenvalue weighted by Crippen LogP contribution is 2.24. The molecule has 0 radical (unpaired) electrons. The van der Waals surface area contributed by atoms with E-state index in [2.05, 4.69) is 15.6 Å².